The lowest BCUT2D eigenvalue weighted by molar-refractivity contribution is 0.285. The molecular weight excluding hydrogens is 264 g/mol. The molecule has 1 aliphatic carbocycles. The Morgan fingerprint density at radius 3 is 2.81 bits per heavy atom. The van der Waals surface area contributed by atoms with E-state index in [-0.39, 0.29) is 0 Å². The molecule has 0 bridgehead atoms. The summed E-state index contributed by atoms with van der Waals surface area (Å²) in [5.41, 5.74) is 2.07. The second-order valence-electron chi connectivity index (χ2n) is 5.75. The fourth-order valence-corrected chi connectivity index (χ4v) is 3.04. The zero-order valence-electron chi connectivity index (χ0n) is 12.7. The molecule has 0 radical (unpaired) electrons. The predicted octanol–water partition coefficient (Wildman–Crippen LogP) is 3.08. The number of nitrogens with zero attached hydrogens (tertiary/aromatic N) is 3. The Morgan fingerprint density at radius 1 is 1.29 bits per heavy atom. The minimum absolute atomic E-state index is 0.401. The highest BCUT2D eigenvalue weighted by Gasteiger charge is 2.26. The van der Waals surface area contributed by atoms with Gasteiger partial charge in [0, 0.05) is 29.9 Å². The molecule has 0 aliphatic heterocycles. The largest absolute Gasteiger partial charge is 0.339 e. The van der Waals surface area contributed by atoms with Gasteiger partial charge < -0.3 is 9.84 Å². The van der Waals surface area contributed by atoms with Crippen molar-refractivity contribution in [3.63, 3.8) is 0 Å². The molecule has 2 heterocycles. The number of pyridine rings is 1. The number of rotatable bonds is 4. The number of aromatic nitrogens is 3. The van der Waals surface area contributed by atoms with Crippen LogP contribution >= 0.6 is 0 Å². The van der Waals surface area contributed by atoms with Crippen LogP contribution in [0, 0.1) is 6.92 Å². The molecule has 112 valence electrons. The molecule has 1 aliphatic rings. The zero-order valence-corrected chi connectivity index (χ0v) is 12.7. The van der Waals surface area contributed by atoms with Gasteiger partial charge in [0.15, 0.2) is 0 Å². The van der Waals surface area contributed by atoms with E-state index < -0.39 is 0 Å². The first-order chi connectivity index (χ1) is 10.3. The van der Waals surface area contributed by atoms with Crippen LogP contribution in [-0.2, 0) is 0 Å². The molecule has 1 N–H and O–H groups in total. The molecule has 5 heteroatoms. The highest BCUT2D eigenvalue weighted by atomic mass is 16.5. The lowest BCUT2D eigenvalue weighted by Crippen LogP contribution is -2.32. The molecule has 1 fully saturated rings. The summed E-state index contributed by atoms with van der Waals surface area (Å²) in [5.74, 6) is 1.84. The van der Waals surface area contributed by atoms with Crippen LogP contribution < -0.4 is 5.32 Å². The summed E-state index contributed by atoms with van der Waals surface area (Å²) in [5, 5.41) is 7.66. The van der Waals surface area contributed by atoms with Gasteiger partial charge in [-0.05, 0) is 50.8 Å². The van der Waals surface area contributed by atoms with Gasteiger partial charge in [-0.1, -0.05) is 12.1 Å². The van der Waals surface area contributed by atoms with Gasteiger partial charge in [-0.2, -0.15) is 4.98 Å². The van der Waals surface area contributed by atoms with E-state index in [9.17, 15) is 0 Å². The molecule has 0 spiro atoms. The van der Waals surface area contributed by atoms with Gasteiger partial charge in [0.05, 0.1) is 0 Å². The van der Waals surface area contributed by atoms with E-state index in [0.717, 1.165) is 36.4 Å². The van der Waals surface area contributed by atoms with Crippen LogP contribution in [0.3, 0.4) is 0 Å². The second kappa shape index (κ2) is 6.35. The Balaban J connectivity index is 1.70. The molecule has 0 atom stereocenters. The van der Waals surface area contributed by atoms with Gasteiger partial charge in [0.2, 0.25) is 11.7 Å². The quantitative estimate of drug-likeness (QED) is 0.935. The van der Waals surface area contributed by atoms with Crippen molar-refractivity contribution in [1.82, 2.24) is 20.4 Å². The lowest BCUT2D eigenvalue weighted by atomic mass is 9.86. The fraction of sp³-hybridized carbons (Fsp3) is 0.562. The molecule has 0 saturated heterocycles. The topological polar surface area (TPSA) is 63.8 Å². The summed E-state index contributed by atoms with van der Waals surface area (Å²) in [6, 6.07) is 2.61. The Hall–Kier alpha value is -1.75. The Kier molecular flexibility index (Phi) is 4.29. The first-order valence-corrected chi connectivity index (χ1v) is 7.76. The zero-order chi connectivity index (χ0) is 14.7. The van der Waals surface area contributed by atoms with Crippen molar-refractivity contribution < 1.29 is 4.52 Å². The summed E-state index contributed by atoms with van der Waals surface area (Å²) >= 11 is 0. The standard InChI is InChI=1S/C16H22N4O/c1-3-18-13-6-4-12(5-7-13)16-19-15(20-21-16)14-10-17-9-8-11(14)2/h8-10,12-13,18H,3-7H2,1-2H3. The van der Waals surface area contributed by atoms with Crippen molar-refractivity contribution in [2.24, 2.45) is 0 Å². The summed E-state index contributed by atoms with van der Waals surface area (Å²) in [7, 11) is 0. The van der Waals surface area contributed by atoms with Gasteiger partial charge >= 0.3 is 0 Å². The molecule has 21 heavy (non-hydrogen) atoms. The summed E-state index contributed by atoms with van der Waals surface area (Å²) in [6.45, 7) is 5.24. The van der Waals surface area contributed by atoms with Crippen LogP contribution in [0.25, 0.3) is 11.4 Å². The third-order valence-electron chi connectivity index (χ3n) is 4.29. The van der Waals surface area contributed by atoms with Crippen LogP contribution in [0.1, 0.15) is 50.0 Å². The summed E-state index contributed by atoms with van der Waals surface area (Å²) in [4.78, 5) is 8.74. The van der Waals surface area contributed by atoms with E-state index in [2.05, 4.69) is 27.4 Å². The van der Waals surface area contributed by atoms with Crippen LogP contribution in [-0.4, -0.2) is 27.7 Å². The van der Waals surface area contributed by atoms with E-state index in [1.807, 2.05) is 13.0 Å². The van der Waals surface area contributed by atoms with E-state index in [0.29, 0.717) is 17.8 Å². The smallest absolute Gasteiger partial charge is 0.230 e. The van der Waals surface area contributed by atoms with Gasteiger partial charge in [0.25, 0.3) is 0 Å². The average Bonchev–Trinajstić information content (AvgIpc) is 2.98. The maximum atomic E-state index is 5.50. The lowest BCUT2D eigenvalue weighted by Gasteiger charge is -2.26. The van der Waals surface area contributed by atoms with E-state index in [1.165, 1.54) is 12.8 Å². The molecule has 5 nitrogen and oxygen atoms in total. The highest BCUT2D eigenvalue weighted by Crippen LogP contribution is 2.33. The van der Waals surface area contributed by atoms with Gasteiger partial charge in [0.1, 0.15) is 0 Å². The Labute approximate surface area is 125 Å². The normalized spacial score (nSPS) is 22.4. The first-order valence-electron chi connectivity index (χ1n) is 7.76. The molecule has 2 aromatic heterocycles. The second-order valence-corrected chi connectivity index (χ2v) is 5.75. The van der Waals surface area contributed by atoms with Crippen LogP contribution in [0.2, 0.25) is 0 Å². The summed E-state index contributed by atoms with van der Waals surface area (Å²) in [6.07, 6.45) is 8.18. The monoisotopic (exact) mass is 286 g/mol. The molecule has 0 amide bonds. The summed E-state index contributed by atoms with van der Waals surface area (Å²) < 4.78 is 5.50. The maximum Gasteiger partial charge on any atom is 0.230 e. The minimum atomic E-state index is 0.401. The third kappa shape index (κ3) is 3.13. The van der Waals surface area contributed by atoms with E-state index >= 15 is 0 Å². The van der Waals surface area contributed by atoms with Crippen LogP contribution in [0.15, 0.2) is 23.0 Å². The van der Waals surface area contributed by atoms with Gasteiger partial charge in [-0.25, -0.2) is 0 Å². The molecular formula is C16H22N4O. The van der Waals surface area contributed by atoms with E-state index in [1.54, 1.807) is 12.4 Å². The van der Waals surface area contributed by atoms with Gasteiger partial charge in [-0.15, -0.1) is 0 Å². The van der Waals surface area contributed by atoms with Gasteiger partial charge in [-0.3, -0.25) is 4.98 Å². The Morgan fingerprint density at radius 2 is 2.10 bits per heavy atom. The SMILES string of the molecule is CCNC1CCC(c2nc(-c3cnccc3C)no2)CC1. The number of hydrogen-bond acceptors (Lipinski definition) is 5. The van der Waals surface area contributed by atoms with Crippen LogP contribution in [0.5, 0.6) is 0 Å². The number of hydrogen-bond donors (Lipinski definition) is 1. The van der Waals surface area contributed by atoms with Crippen molar-refractivity contribution in [2.45, 2.75) is 51.5 Å². The van der Waals surface area contributed by atoms with Crippen LogP contribution in [0.4, 0.5) is 0 Å². The fourth-order valence-electron chi connectivity index (χ4n) is 3.04. The molecule has 2 aromatic rings. The van der Waals surface area contributed by atoms with Crippen molar-refractivity contribution in [3.05, 3.63) is 29.9 Å². The van der Waals surface area contributed by atoms with Crippen molar-refractivity contribution >= 4 is 0 Å². The average molecular weight is 286 g/mol. The third-order valence-corrected chi connectivity index (χ3v) is 4.29. The Bertz CT molecular complexity index is 587. The molecule has 0 aromatic carbocycles. The number of nitrogens with one attached hydrogen (secondary N) is 1. The molecule has 0 unspecified atom stereocenters. The minimum Gasteiger partial charge on any atom is -0.339 e. The highest BCUT2D eigenvalue weighted by molar-refractivity contribution is 5.57. The van der Waals surface area contributed by atoms with Crippen molar-refractivity contribution in [2.75, 3.05) is 6.54 Å². The molecule has 3 rings (SSSR count). The predicted molar refractivity (Wildman–Crippen MR) is 80.9 cm³/mol. The van der Waals surface area contributed by atoms with Crippen molar-refractivity contribution in [1.29, 1.82) is 0 Å². The van der Waals surface area contributed by atoms with Crippen molar-refractivity contribution in [3.8, 4) is 11.4 Å². The van der Waals surface area contributed by atoms with E-state index in [4.69, 9.17) is 4.52 Å². The maximum absolute atomic E-state index is 5.50. The number of aryl methyl sites for hydroxylation is 1. The molecule has 1 saturated carbocycles. The first kappa shape index (κ1) is 14.2.